The summed E-state index contributed by atoms with van der Waals surface area (Å²) in [6.45, 7) is 16.0. The van der Waals surface area contributed by atoms with E-state index in [9.17, 15) is 4.39 Å². The van der Waals surface area contributed by atoms with Gasteiger partial charge in [-0.1, -0.05) is 50.2 Å². The first-order chi connectivity index (χ1) is 15.1. The molecule has 0 saturated carbocycles. The largest absolute Gasteiger partial charge is 0.486 e. The Labute approximate surface area is 191 Å². The molecule has 0 radical (unpaired) electrons. The fourth-order valence-corrected chi connectivity index (χ4v) is 4.99. The molecule has 32 heavy (non-hydrogen) atoms. The quantitative estimate of drug-likeness (QED) is 0.445. The average Bonchev–Trinajstić information content (AvgIpc) is 3.05. The van der Waals surface area contributed by atoms with Crippen molar-refractivity contribution in [1.29, 1.82) is 0 Å². The molecule has 0 aromatic heterocycles. The van der Waals surface area contributed by atoms with Crippen molar-refractivity contribution in [3.8, 4) is 5.75 Å². The fraction of sp³-hybridized carbons (Fsp3) is 0.379. The van der Waals surface area contributed by atoms with Crippen LogP contribution in [0.2, 0.25) is 0 Å². The Bertz CT molecular complexity index is 1130. The summed E-state index contributed by atoms with van der Waals surface area (Å²) in [5.74, 6) is 1.48. The zero-order valence-electron chi connectivity index (χ0n) is 20.3. The summed E-state index contributed by atoms with van der Waals surface area (Å²) in [5, 5.41) is 3.63. The highest BCUT2D eigenvalue weighted by Crippen LogP contribution is 2.53. The van der Waals surface area contributed by atoms with E-state index in [1.165, 1.54) is 45.5 Å². The molecule has 3 heteroatoms. The van der Waals surface area contributed by atoms with Crippen molar-refractivity contribution in [1.82, 2.24) is 0 Å². The SMILES string of the molecule is Cc1c(C)c2c(c(C)c1NCc1ccc(F)cc1)C(c1ccc(C(C)C)cc1)C(C)(C)O2. The molecule has 168 valence electrons. The van der Waals surface area contributed by atoms with Gasteiger partial charge < -0.3 is 10.1 Å². The minimum atomic E-state index is -0.334. The van der Waals surface area contributed by atoms with E-state index in [1.54, 1.807) is 0 Å². The van der Waals surface area contributed by atoms with Crippen molar-refractivity contribution < 1.29 is 9.13 Å². The smallest absolute Gasteiger partial charge is 0.127 e. The van der Waals surface area contributed by atoms with Crippen LogP contribution in [0.3, 0.4) is 0 Å². The molecular formula is C29H34FNO. The number of halogens is 1. The molecule has 0 amide bonds. The third kappa shape index (κ3) is 3.90. The van der Waals surface area contributed by atoms with Crippen LogP contribution in [0.1, 0.15) is 78.5 Å². The standard InChI is InChI=1S/C29H34FNO/c1-17(2)22-10-12-23(13-11-22)26-25-20(5)27(31-16-21-8-14-24(30)15-9-21)18(3)19(4)28(25)32-29(26,6)7/h8-15,17,26,31H,16H2,1-7H3. The fourth-order valence-electron chi connectivity index (χ4n) is 4.99. The molecule has 1 heterocycles. The van der Waals surface area contributed by atoms with E-state index < -0.39 is 0 Å². The molecule has 1 aliphatic rings. The third-order valence-corrected chi connectivity index (χ3v) is 6.97. The molecule has 1 atom stereocenters. The second-order valence-corrected chi connectivity index (χ2v) is 9.93. The first-order valence-corrected chi connectivity index (χ1v) is 11.5. The summed E-state index contributed by atoms with van der Waals surface area (Å²) in [5.41, 5.74) is 9.40. The van der Waals surface area contributed by atoms with Gasteiger partial charge in [0.25, 0.3) is 0 Å². The minimum absolute atomic E-state index is 0.157. The van der Waals surface area contributed by atoms with Crippen LogP contribution in [0.15, 0.2) is 48.5 Å². The summed E-state index contributed by atoms with van der Waals surface area (Å²) in [6, 6.07) is 15.7. The highest BCUT2D eigenvalue weighted by molar-refractivity contribution is 5.71. The Balaban J connectivity index is 1.76. The van der Waals surface area contributed by atoms with Gasteiger partial charge in [-0.2, -0.15) is 0 Å². The summed E-state index contributed by atoms with van der Waals surface area (Å²) in [4.78, 5) is 0. The molecule has 0 aliphatic carbocycles. The van der Waals surface area contributed by atoms with Gasteiger partial charge in [-0.3, -0.25) is 0 Å². The maximum absolute atomic E-state index is 13.3. The summed E-state index contributed by atoms with van der Waals surface area (Å²) in [6.07, 6.45) is 0. The lowest BCUT2D eigenvalue weighted by Gasteiger charge is -2.27. The Kier molecular flexibility index (Phi) is 5.79. The number of ether oxygens (including phenoxy) is 1. The highest BCUT2D eigenvalue weighted by Gasteiger charge is 2.44. The van der Waals surface area contributed by atoms with E-state index in [1.807, 2.05) is 12.1 Å². The topological polar surface area (TPSA) is 21.3 Å². The maximum atomic E-state index is 13.3. The Morgan fingerprint density at radius 2 is 1.53 bits per heavy atom. The van der Waals surface area contributed by atoms with E-state index in [-0.39, 0.29) is 17.3 Å². The number of benzene rings is 3. The predicted molar refractivity (Wildman–Crippen MR) is 131 cm³/mol. The van der Waals surface area contributed by atoms with Crippen LogP contribution in [0.25, 0.3) is 0 Å². The number of hydrogen-bond donors (Lipinski definition) is 1. The molecule has 0 saturated heterocycles. The van der Waals surface area contributed by atoms with Crippen molar-refractivity contribution in [3.63, 3.8) is 0 Å². The molecular weight excluding hydrogens is 397 g/mol. The number of anilines is 1. The maximum Gasteiger partial charge on any atom is 0.127 e. The second kappa shape index (κ2) is 8.27. The molecule has 3 aromatic rings. The summed E-state index contributed by atoms with van der Waals surface area (Å²) >= 11 is 0. The van der Waals surface area contributed by atoms with E-state index in [4.69, 9.17) is 4.74 Å². The molecule has 0 bridgehead atoms. The Morgan fingerprint density at radius 3 is 2.12 bits per heavy atom. The minimum Gasteiger partial charge on any atom is -0.486 e. The molecule has 4 rings (SSSR count). The van der Waals surface area contributed by atoms with E-state index in [0.29, 0.717) is 12.5 Å². The zero-order chi connectivity index (χ0) is 23.2. The second-order valence-electron chi connectivity index (χ2n) is 9.93. The number of nitrogens with one attached hydrogen (secondary N) is 1. The van der Waals surface area contributed by atoms with Gasteiger partial charge in [-0.25, -0.2) is 4.39 Å². The number of hydrogen-bond acceptors (Lipinski definition) is 2. The van der Waals surface area contributed by atoms with Crippen LogP contribution in [-0.2, 0) is 6.54 Å². The van der Waals surface area contributed by atoms with Crippen LogP contribution < -0.4 is 10.1 Å². The van der Waals surface area contributed by atoms with Crippen molar-refractivity contribution in [3.05, 3.63) is 93.3 Å². The lowest BCUT2D eigenvalue weighted by molar-refractivity contribution is 0.121. The Morgan fingerprint density at radius 1 is 0.906 bits per heavy atom. The van der Waals surface area contributed by atoms with Crippen molar-refractivity contribution >= 4 is 5.69 Å². The van der Waals surface area contributed by atoms with Gasteiger partial charge >= 0.3 is 0 Å². The van der Waals surface area contributed by atoms with Gasteiger partial charge in [0, 0.05) is 17.8 Å². The van der Waals surface area contributed by atoms with Gasteiger partial charge in [0.15, 0.2) is 0 Å². The van der Waals surface area contributed by atoms with Crippen LogP contribution in [0, 0.1) is 26.6 Å². The monoisotopic (exact) mass is 431 g/mol. The van der Waals surface area contributed by atoms with Crippen molar-refractivity contribution in [2.45, 2.75) is 72.4 Å². The highest BCUT2D eigenvalue weighted by atomic mass is 19.1. The Hall–Kier alpha value is -2.81. The van der Waals surface area contributed by atoms with Gasteiger partial charge in [0.2, 0.25) is 0 Å². The van der Waals surface area contributed by atoms with Crippen LogP contribution in [-0.4, -0.2) is 5.60 Å². The van der Waals surface area contributed by atoms with Gasteiger partial charge in [-0.15, -0.1) is 0 Å². The van der Waals surface area contributed by atoms with E-state index in [2.05, 4.69) is 78.0 Å². The molecule has 2 nitrogen and oxygen atoms in total. The van der Waals surface area contributed by atoms with Gasteiger partial charge in [0.1, 0.15) is 17.2 Å². The molecule has 0 fully saturated rings. The summed E-state index contributed by atoms with van der Waals surface area (Å²) < 4.78 is 19.9. The van der Waals surface area contributed by atoms with Crippen molar-refractivity contribution in [2.24, 2.45) is 0 Å². The van der Waals surface area contributed by atoms with E-state index >= 15 is 0 Å². The third-order valence-electron chi connectivity index (χ3n) is 6.97. The normalized spacial score (nSPS) is 16.7. The average molecular weight is 432 g/mol. The molecule has 1 unspecified atom stereocenters. The van der Waals surface area contributed by atoms with Gasteiger partial charge in [-0.05, 0) is 86.1 Å². The van der Waals surface area contributed by atoms with Gasteiger partial charge in [0.05, 0.1) is 5.92 Å². The summed E-state index contributed by atoms with van der Waals surface area (Å²) in [7, 11) is 0. The van der Waals surface area contributed by atoms with E-state index in [0.717, 1.165) is 17.0 Å². The molecule has 1 N–H and O–H groups in total. The zero-order valence-corrected chi connectivity index (χ0v) is 20.3. The van der Waals surface area contributed by atoms with Crippen LogP contribution in [0.5, 0.6) is 5.75 Å². The number of rotatable bonds is 5. The molecule has 3 aromatic carbocycles. The first-order valence-electron chi connectivity index (χ1n) is 11.5. The predicted octanol–water partition coefficient (Wildman–Crippen LogP) is 7.79. The molecule has 0 spiro atoms. The lowest BCUT2D eigenvalue weighted by Crippen LogP contribution is -2.31. The lowest BCUT2D eigenvalue weighted by atomic mass is 9.78. The van der Waals surface area contributed by atoms with Crippen LogP contribution in [0.4, 0.5) is 10.1 Å². The first kappa shape index (κ1) is 22.4. The number of fused-ring (bicyclic) bond motifs is 1. The molecule has 1 aliphatic heterocycles. The van der Waals surface area contributed by atoms with Crippen molar-refractivity contribution in [2.75, 3.05) is 5.32 Å². The van der Waals surface area contributed by atoms with Crippen LogP contribution >= 0.6 is 0 Å².